The van der Waals surface area contributed by atoms with Crippen molar-refractivity contribution in [1.29, 1.82) is 0 Å². The summed E-state index contributed by atoms with van der Waals surface area (Å²) in [6, 6.07) is 19.4. The van der Waals surface area contributed by atoms with Gasteiger partial charge < -0.3 is 14.2 Å². The predicted octanol–water partition coefficient (Wildman–Crippen LogP) is 6.26. The zero-order valence-electron chi connectivity index (χ0n) is 18.8. The van der Waals surface area contributed by atoms with E-state index in [-0.39, 0.29) is 18.6 Å². The van der Waals surface area contributed by atoms with Gasteiger partial charge in [0.15, 0.2) is 6.10 Å². The van der Waals surface area contributed by atoms with Crippen molar-refractivity contribution in [3.8, 4) is 0 Å². The molecule has 0 saturated carbocycles. The Morgan fingerprint density at radius 1 is 0.871 bits per heavy atom. The molecule has 1 fully saturated rings. The molecule has 5 heteroatoms. The SMILES string of the molecule is CC[C@H]1O[C@@H](C(F)(F)C(C)C)[C@H](OCc2ccccc2)[C@@H](OCc2ccccc2)[C@H]1C. The zero-order valence-corrected chi connectivity index (χ0v) is 18.8. The fraction of sp³-hybridized carbons (Fsp3) is 0.538. The van der Waals surface area contributed by atoms with Gasteiger partial charge in [0.25, 0.3) is 5.92 Å². The summed E-state index contributed by atoms with van der Waals surface area (Å²) in [4.78, 5) is 0. The minimum atomic E-state index is -3.04. The molecule has 2 aromatic carbocycles. The predicted molar refractivity (Wildman–Crippen MR) is 118 cm³/mol. The topological polar surface area (TPSA) is 27.7 Å². The summed E-state index contributed by atoms with van der Waals surface area (Å²) in [5.41, 5.74) is 1.93. The smallest absolute Gasteiger partial charge is 0.278 e. The van der Waals surface area contributed by atoms with Crippen molar-refractivity contribution in [3.63, 3.8) is 0 Å². The molecular formula is C26H34F2O3. The van der Waals surface area contributed by atoms with Gasteiger partial charge in [-0.1, -0.05) is 88.4 Å². The Morgan fingerprint density at radius 2 is 1.35 bits per heavy atom. The zero-order chi connectivity index (χ0) is 22.4. The maximum atomic E-state index is 15.3. The average molecular weight is 433 g/mol. The van der Waals surface area contributed by atoms with E-state index in [1.165, 1.54) is 13.8 Å². The molecule has 3 rings (SSSR count). The monoisotopic (exact) mass is 432 g/mol. The van der Waals surface area contributed by atoms with Crippen molar-refractivity contribution >= 4 is 0 Å². The quantitative estimate of drug-likeness (QED) is 0.468. The van der Waals surface area contributed by atoms with Crippen molar-refractivity contribution in [3.05, 3.63) is 71.8 Å². The van der Waals surface area contributed by atoms with E-state index >= 15 is 8.78 Å². The van der Waals surface area contributed by atoms with Crippen LogP contribution >= 0.6 is 0 Å². The summed E-state index contributed by atoms with van der Waals surface area (Å²) in [5.74, 6) is -3.99. The summed E-state index contributed by atoms with van der Waals surface area (Å²) in [5, 5.41) is 0. The number of hydrogen-bond acceptors (Lipinski definition) is 3. The van der Waals surface area contributed by atoms with Crippen LogP contribution in [0.2, 0.25) is 0 Å². The fourth-order valence-electron chi connectivity index (χ4n) is 4.14. The molecule has 1 aliphatic rings. The molecule has 1 aliphatic heterocycles. The molecule has 0 aromatic heterocycles. The van der Waals surface area contributed by atoms with E-state index in [0.717, 1.165) is 11.1 Å². The minimum Gasteiger partial charge on any atom is -0.370 e. The van der Waals surface area contributed by atoms with Gasteiger partial charge in [-0.3, -0.25) is 0 Å². The van der Waals surface area contributed by atoms with Crippen LogP contribution in [0.3, 0.4) is 0 Å². The van der Waals surface area contributed by atoms with Crippen LogP contribution in [0.4, 0.5) is 8.78 Å². The molecule has 31 heavy (non-hydrogen) atoms. The second-order valence-corrected chi connectivity index (χ2v) is 8.71. The van der Waals surface area contributed by atoms with Crippen LogP contribution in [-0.2, 0) is 27.4 Å². The van der Waals surface area contributed by atoms with Gasteiger partial charge in [-0.25, -0.2) is 8.78 Å². The first-order valence-corrected chi connectivity index (χ1v) is 11.2. The molecule has 0 radical (unpaired) electrons. The maximum absolute atomic E-state index is 15.3. The van der Waals surface area contributed by atoms with Crippen molar-refractivity contribution < 1.29 is 23.0 Å². The van der Waals surface area contributed by atoms with Crippen molar-refractivity contribution in [2.75, 3.05) is 0 Å². The molecule has 0 unspecified atom stereocenters. The van der Waals surface area contributed by atoms with E-state index in [9.17, 15) is 0 Å². The van der Waals surface area contributed by atoms with Crippen LogP contribution in [0.1, 0.15) is 45.2 Å². The molecule has 0 aliphatic carbocycles. The molecule has 0 N–H and O–H groups in total. The van der Waals surface area contributed by atoms with Crippen LogP contribution in [0.5, 0.6) is 0 Å². The lowest BCUT2D eigenvalue weighted by atomic mass is 9.82. The maximum Gasteiger partial charge on any atom is 0.278 e. The van der Waals surface area contributed by atoms with Crippen LogP contribution < -0.4 is 0 Å². The van der Waals surface area contributed by atoms with Crippen molar-refractivity contribution in [2.45, 2.75) is 77.7 Å². The third kappa shape index (κ3) is 5.71. The van der Waals surface area contributed by atoms with E-state index in [1.54, 1.807) is 0 Å². The molecule has 1 heterocycles. The van der Waals surface area contributed by atoms with Gasteiger partial charge in [-0.2, -0.15) is 0 Å². The molecule has 170 valence electrons. The van der Waals surface area contributed by atoms with Gasteiger partial charge in [0, 0.05) is 11.8 Å². The van der Waals surface area contributed by atoms with E-state index in [4.69, 9.17) is 14.2 Å². The fourth-order valence-corrected chi connectivity index (χ4v) is 4.14. The first-order valence-electron chi connectivity index (χ1n) is 11.2. The Labute approximate surface area is 184 Å². The van der Waals surface area contributed by atoms with E-state index < -0.39 is 30.2 Å². The summed E-state index contributed by atoms with van der Waals surface area (Å²) < 4.78 is 49.1. The number of halogens is 2. The highest BCUT2D eigenvalue weighted by atomic mass is 19.3. The van der Waals surface area contributed by atoms with Crippen LogP contribution in [-0.4, -0.2) is 30.3 Å². The number of rotatable bonds is 9. The Kier molecular flexibility index (Phi) is 8.20. The van der Waals surface area contributed by atoms with Crippen LogP contribution in [0.15, 0.2) is 60.7 Å². The van der Waals surface area contributed by atoms with Crippen molar-refractivity contribution in [1.82, 2.24) is 0 Å². The summed E-state index contributed by atoms with van der Waals surface area (Å²) in [7, 11) is 0. The summed E-state index contributed by atoms with van der Waals surface area (Å²) in [6.07, 6.45) is -2.41. The first kappa shape index (κ1) is 23.8. The number of ether oxygens (including phenoxy) is 3. The first-order chi connectivity index (χ1) is 14.8. The summed E-state index contributed by atoms with van der Waals surface area (Å²) >= 11 is 0. The molecule has 1 saturated heterocycles. The lowest BCUT2D eigenvalue weighted by Crippen LogP contribution is -2.62. The summed E-state index contributed by atoms with van der Waals surface area (Å²) in [6.45, 7) is 7.59. The standard InChI is InChI=1S/C26H34F2O3/c1-5-22-19(4)23(29-16-20-12-8-6-9-13-20)24(25(31-22)26(27,28)18(2)3)30-17-21-14-10-7-11-15-21/h6-15,18-19,22-25H,5,16-17H2,1-4H3/t19-,22+,23-,24+,25+/m0/s1. The highest BCUT2D eigenvalue weighted by molar-refractivity contribution is 5.15. The van der Waals surface area contributed by atoms with Gasteiger partial charge in [0.1, 0.15) is 6.10 Å². The lowest BCUT2D eigenvalue weighted by molar-refractivity contribution is -0.291. The second kappa shape index (κ2) is 10.7. The number of alkyl halides is 2. The Morgan fingerprint density at radius 3 is 1.81 bits per heavy atom. The molecular weight excluding hydrogens is 398 g/mol. The Bertz CT molecular complexity index is 782. The number of benzene rings is 2. The molecule has 2 aromatic rings. The molecule has 3 nitrogen and oxygen atoms in total. The highest BCUT2D eigenvalue weighted by Crippen LogP contribution is 2.42. The van der Waals surface area contributed by atoms with E-state index in [0.29, 0.717) is 13.0 Å². The van der Waals surface area contributed by atoms with Gasteiger partial charge in [-0.15, -0.1) is 0 Å². The van der Waals surface area contributed by atoms with Crippen molar-refractivity contribution in [2.24, 2.45) is 11.8 Å². The normalized spacial score (nSPS) is 26.9. The third-order valence-corrected chi connectivity index (χ3v) is 6.17. The van der Waals surface area contributed by atoms with Crippen LogP contribution in [0.25, 0.3) is 0 Å². The highest BCUT2D eigenvalue weighted by Gasteiger charge is 2.56. The Balaban J connectivity index is 1.88. The van der Waals surface area contributed by atoms with Gasteiger partial charge in [-0.05, 0) is 17.5 Å². The average Bonchev–Trinajstić information content (AvgIpc) is 2.78. The molecule has 5 atom stereocenters. The molecule has 0 amide bonds. The third-order valence-electron chi connectivity index (χ3n) is 6.17. The molecule has 0 spiro atoms. The van der Waals surface area contributed by atoms with E-state index in [2.05, 4.69) is 0 Å². The van der Waals surface area contributed by atoms with Gasteiger partial charge in [0.05, 0.1) is 25.4 Å². The van der Waals surface area contributed by atoms with Gasteiger partial charge in [0.2, 0.25) is 0 Å². The number of hydrogen-bond donors (Lipinski definition) is 0. The molecule has 0 bridgehead atoms. The second-order valence-electron chi connectivity index (χ2n) is 8.71. The van der Waals surface area contributed by atoms with E-state index in [1.807, 2.05) is 74.5 Å². The Hall–Kier alpha value is -1.82. The van der Waals surface area contributed by atoms with Gasteiger partial charge >= 0.3 is 0 Å². The van der Waals surface area contributed by atoms with Crippen LogP contribution in [0, 0.1) is 11.8 Å². The lowest BCUT2D eigenvalue weighted by Gasteiger charge is -2.48. The minimum absolute atomic E-state index is 0.0753. The largest absolute Gasteiger partial charge is 0.370 e.